The third-order valence-corrected chi connectivity index (χ3v) is 4.32. The zero-order valence-electron chi connectivity index (χ0n) is 13.7. The molecule has 0 unspecified atom stereocenters. The molecule has 2 aromatic carbocycles. The number of amides is 1. The van der Waals surface area contributed by atoms with Crippen molar-refractivity contribution in [1.29, 1.82) is 0 Å². The Bertz CT molecular complexity index is 672. The van der Waals surface area contributed by atoms with Gasteiger partial charge in [0, 0.05) is 19.4 Å². The van der Waals surface area contributed by atoms with Crippen molar-refractivity contribution >= 4 is 5.91 Å². The van der Waals surface area contributed by atoms with Gasteiger partial charge in [0.2, 0.25) is 5.91 Å². The number of hydrogen-bond acceptors (Lipinski definition) is 3. The number of ether oxygens (including phenoxy) is 1. The molecular weight excluding hydrogens is 302 g/mol. The van der Waals surface area contributed by atoms with E-state index in [2.05, 4.69) is 5.32 Å². The van der Waals surface area contributed by atoms with E-state index in [0.717, 1.165) is 16.7 Å². The van der Waals surface area contributed by atoms with Crippen LogP contribution in [-0.2, 0) is 22.6 Å². The molecule has 1 aliphatic carbocycles. The lowest BCUT2D eigenvalue weighted by Crippen LogP contribution is -2.33. The maximum Gasteiger partial charge on any atom is 0.220 e. The van der Waals surface area contributed by atoms with Crippen LogP contribution in [0.25, 0.3) is 0 Å². The number of hydrogen-bond donors (Lipinski definition) is 2. The molecule has 4 heteroatoms. The topological polar surface area (TPSA) is 58.6 Å². The predicted molar refractivity (Wildman–Crippen MR) is 92.4 cm³/mol. The highest BCUT2D eigenvalue weighted by Gasteiger charge is 2.31. The molecule has 2 aromatic rings. The predicted octanol–water partition coefficient (Wildman–Crippen LogP) is 2.76. The highest BCUT2D eigenvalue weighted by atomic mass is 16.5. The van der Waals surface area contributed by atoms with E-state index in [1.807, 2.05) is 54.6 Å². The monoisotopic (exact) mass is 325 g/mol. The molecule has 0 radical (unpaired) electrons. The van der Waals surface area contributed by atoms with Gasteiger partial charge in [-0.05, 0) is 23.1 Å². The SMILES string of the molecule is O=C(CCCOCc1ccccc1)N[C@@H]1c2ccccc2C[C@H]1O. The quantitative estimate of drug-likeness (QED) is 0.770. The molecule has 0 aromatic heterocycles. The van der Waals surface area contributed by atoms with Crippen molar-refractivity contribution < 1.29 is 14.6 Å². The molecule has 0 aliphatic heterocycles. The average molecular weight is 325 g/mol. The smallest absolute Gasteiger partial charge is 0.220 e. The second-order valence-electron chi connectivity index (χ2n) is 6.16. The molecule has 1 aliphatic rings. The highest BCUT2D eigenvalue weighted by Crippen LogP contribution is 2.31. The van der Waals surface area contributed by atoms with Crippen LogP contribution in [0.5, 0.6) is 0 Å². The van der Waals surface area contributed by atoms with E-state index in [4.69, 9.17) is 4.74 Å². The van der Waals surface area contributed by atoms with Crippen molar-refractivity contribution in [3.8, 4) is 0 Å². The number of aliphatic hydroxyl groups excluding tert-OH is 1. The van der Waals surface area contributed by atoms with E-state index in [9.17, 15) is 9.90 Å². The van der Waals surface area contributed by atoms with Crippen molar-refractivity contribution in [2.45, 2.75) is 38.0 Å². The molecule has 2 atom stereocenters. The van der Waals surface area contributed by atoms with E-state index in [1.54, 1.807) is 0 Å². The first kappa shape index (κ1) is 16.7. The van der Waals surface area contributed by atoms with Crippen molar-refractivity contribution in [2.24, 2.45) is 0 Å². The van der Waals surface area contributed by atoms with Crippen molar-refractivity contribution in [2.75, 3.05) is 6.61 Å². The standard InChI is InChI=1S/C20H23NO3/c22-18-13-16-9-4-5-10-17(16)20(18)21-19(23)11-6-12-24-14-15-7-2-1-3-8-15/h1-5,7-10,18,20,22H,6,11-14H2,(H,21,23)/t18-,20-/m1/s1. The van der Waals surface area contributed by atoms with E-state index in [0.29, 0.717) is 32.5 Å². The summed E-state index contributed by atoms with van der Waals surface area (Å²) >= 11 is 0. The molecule has 0 fully saturated rings. The van der Waals surface area contributed by atoms with Gasteiger partial charge in [0.1, 0.15) is 0 Å². The van der Waals surface area contributed by atoms with Gasteiger partial charge >= 0.3 is 0 Å². The molecule has 0 saturated carbocycles. The third-order valence-electron chi connectivity index (χ3n) is 4.32. The lowest BCUT2D eigenvalue weighted by Gasteiger charge is -2.18. The van der Waals surface area contributed by atoms with Crippen molar-refractivity contribution in [3.05, 3.63) is 71.3 Å². The molecule has 0 spiro atoms. The Morgan fingerprint density at radius 2 is 1.88 bits per heavy atom. The number of benzene rings is 2. The second kappa shape index (κ2) is 8.08. The van der Waals surface area contributed by atoms with Crippen molar-refractivity contribution in [1.82, 2.24) is 5.32 Å². The molecular formula is C20H23NO3. The first-order chi connectivity index (χ1) is 11.7. The van der Waals surface area contributed by atoms with Crippen LogP contribution in [0.15, 0.2) is 54.6 Å². The number of nitrogens with one attached hydrogen (secondary N) is 1. The highest BCUT2D eigenvalue weighted by molar-refractivity contribution is 5.76. The summed E-state index contributed by atoms with van der Waals surface area (Å²) < 4.78 is 5.59. The molecule has 0 saturated heterocycles. The average Bonchev–Trinajstić information content (AvgIpc) is 2.91. The van der Waals surface area contributed by atoms with Gasteiger partial charge in [-0.3, -0.25) is 4.79 Å². The maximum atomic E-state index is 12.1. The fourth-order valence-electron chi connectivity index (χ4n) is 3.09. The van der Waals surface area contributed by atoms with Gasteiger partial charge in [0.25, 0.3) is 0 Å². The number of fused-ring (bicyclic) bond motifs is 1. The lowest BCUT2D eigenvalue weighted by molar-refractivity contribution is -0.123. The fourth-order valence-corrected chi connectivity index (χ4v) is 3.09. The Morgan fingerprint density at radius 3 is 2.71 bits per heavy atom. The summed E-state index contributed by atoms with van der Waals surface area (Å²) in [7, 11) is 0. The molecule has 0 bridgehead atoms. The molecule has 1 amide bonds. The Kier molecular flexibility index (Phi) is 5.62. The zero-order valence-corrected chi connectivity index (χ0v) is 13.7. The first-order valence-corrected chi connectivity index (χ1v) is 8.41. The van der Waals surface area contributed by atoms with Gasteiger partial charge in [-0.2, -0.15) is 0 Å². The van der Waals surface area contributed by atoms with Gasteiger partial charge in [-0.25, -0.2) is 0 Å². The van der Waals surface area contributed by atoms with Crippen LogP contribution < -0.4 is 5.32 Å². The van der Waals surface area contributed by atoms with Gasteiger partial charge in [-0.1, -0.05) is 54.6 Å². The van der Waals surface area contributed by atoms with E-state index in [-0.39, 0.29) is 11.9 Å². The summed E-state index contributed by atoms with van der Waals surface area (Å²) in [5.41, 5.74) is 3.27. The zero-order chi connectivity index (χ0) is 16.8. The largest absolute Gasteiger partial charge is 0.390 e. The second-order valence-corrected chi connectivity index (χ2v) is 6.16. The van der Waals surface area contributed by atoms with Crippen LogP contribution >= 0.6 is 0 Å². The van der Waals surface area contributed by atoms with Crippen molar-refractivity contribution in [3.63, 3.8) is 0 Å². The van der Waals surface area contributed by atoms with Crippen LogP contribution in [0.3, 0.4) is 0 Å². The minimum atomic E-state index is -0.541. The van der Waals surface area contributed by atoms with Crippen LogP contribution in [0.1, 0.15) is 35.6 Å². The lowest BCUT2D eigenvalue weighted by atomic mass is 10.1. The Morgan fingerprint density at radius 1 is 1.12 bits per heavy atom. The summed E-state index contributed by atoms with van der Waals surface area (Å²) in [4.78, 5) is 12.1. The minimum Gasteiger partial charge on any atom is -0.390 e. The Labute approximate surface area is 142 Å². The minimum absolute atomic E-state index is 0.0425. The summed E-state index contributed by atoms with van der Waals surface area (Å²) in [5, 5.41) is 13.1. The number of rotatable bonds is 7. The van der Waals surface area contributed by atoms with Gasteiger partial charge in [-0.15, -0.1) is 0 Å². The van der Waals surface area contributed by atoms with Gasteiger partial charge < -0.3 is 15.2 Å². The maximum absolute atomic E-state index is 12.1. The molecule has 24 heavy (non-hydrogen) atoms. The van der Waals surface area contributed by atoms with Gasteiger partial charge in [0.05, 0.1) is 18.8 Å². The first-order valence-electron chi connectivity index (χ1n) is 8.41. The van der Waals surface area contributed by atoms with Crippen LogP contribution in [-0.4, -0.2) is 23.7 Å². The third kappa shape index (κ3) is 4.22. The molecule has 2 N–H and O–H groups in total. The Hall–Kier alpha value is -2.17. The number of carbonyl (C=O) groups excluding carboxylic acids is 1. The summed E-state index contributed by atoms with van der Waals surface area (Å²) in [6.45, 7) is 1.11. The Balaban J connectivity index is 1.39. The fraction of sp³-hybridized carbons (Fsp3) is 0.350. The molecule has 4 nitrogen and oxygen atoms in total. The van der Waals surface area contributed by atoms with E-state index in [1.165, 1.54) is 0 Å². The van der Waals surface area contributed by atoms with Crippen LogP contribution in [0.2, 0.25) is 0 Å². The van der Waals surface area contributed by atoms with E-state index >= 15 is 0 Å². The summed E-state index contributed by atoms with van der Waals surface area (Å²) in [5.74, 6) is -0.0425. The van der Waals surface area contributed by atoms with E-state index < -0.39 is 6.10 Å². The van der Waals surface area contributed by atoms with Gasteiger partial charge in [0.15, 0.2) is 0 Å². The van der Waals surface area contributed by atoms with Crippen LogP contribution in [0, 0.1) is 0 Å². The summed E-state index contributed by atoms with van der Waals surface area (Å²) in [6, 6.07) is 17.6. The number of carbonyl (C=O) groups is 1. The summed E-state index contributed by atoms with van der Waals surface area (Å²) in [6.07, 6.45) is 1.13. The molecule has 126 valence electrons. The normalized spacial score (nSPS) is 19.0. The molecule has 3 rings (SSSR count). The van der Waals surface area contributed by atoms with Crippen LogP contribution in [0.4, 0.5) is 0 Å². The molecule has 0 heterocycles. The number of aliphatic hydroxyl groups is 1.